The zero-order chi connectivity index (χ0) is 20.0. The van der Waals surface area contributed by atoms with Crippen molar-refractivity contribution in [2.45, 2.75) is 64.2 Å². The van der Waals surface area contributed by atoms with Crippen LogP contribution >= 0.6 is 0 Å². The van der Waals surface area contributed by atoms with Gasteiger partial charge in [0, 0.05) is 51.6 Å². The summed E-state index contributed by atoms with van der Waals surface area (Å²) in [6, 6.07) is -0.0236. The van der Waals surface area contributed by atoms with E-state index in [1.807, 2.05) is 6.92 Å². The molecule has 7 nitrogen and oxygen atoms in total. The van der Waals surface area contributed by atoms with Crippen molar-refractivity contribution in [1.29, 1.82) is 0 Å². The van der Waals surface area contributed by atoms with Gasteiger partial charge >= 0.3 is 6.18 Å². The van der Waals surface area contributed by atoms with Crippen LogP contribution < -0.4 is 10.6 Å². The van der Waals surface area contributed by atoms with Crippen LogP contribution in [0.4, 0.5) is 13.2 Å². The molecule has 0 aromatic carbocycles. The Kier molecular flexibility index (Phi) is 7.14. The second-order valence-electron chi connectivity index (χ2n) is 7.49. The molecule has 10 heteroatoms. The summed E-state index contributed by atoms with van der Waals surface area (Å²) in [7, 11) is 0. The number of aryl methyl sites for hydroxylation is 1. The minimum atomic E-state index is -4.15. The van der Waals surface area contributed by atoms with Gasteiger partial charge in [0.05, 0.1) is 6.54 Å². The maximum absolute atomic E-state index is 12.6. The summed E-state index contributed by atoms with van der Waals surface area (Å²) in [5.74, 6) is 2.68. The van der Waals surface area contributed by atoms with Crippen LogP contribution in [0.25, 0.3) is 0 Å². The normalized spacial score (nSPS) is 21.4. The molecule has 1 saturated heterocycles. The molecular weight excluding hydrogens is 371 g/mol. The highest BCUT2D eigenvalue weighted by Gasteiger charge is 2.34. The highest BCUT2D eigenvalue weighted by atomic mass is 19.4. The van der Waals surface area contributed by atoms with Gasteiger partial charge in [-0.2, -0.15) is 13.2 Å². The molecule has 0 aliphatic carbocycles. The van der Waals surface area contributed by atoms with Crippen LogP contribution in [0, 0.1) is 0 Å². The Hall–Kier alpha value is -1.84. The summed E-state index contributed by atoms with van der Waals surface area (Å²) in [6.07, 6.45) is 1.76. The molecule has 1 atom stereocenters. The maximum Gasteiger partial charge on any atom is 0.401 e. The average Bonchev–Trinajstić information content (AvgIpc) is 3.13. The van der Waals surface area contributed by atoms with Crippen LogP contribution in [0.15, 0.2) is 4.99 Å². The zero-order valence-electron chi connectivity index (χ0n) is 16.4. The number of nitrogens with one attached hydrogen (secondary N) is 2. The molecule has 1 aromatic rings. The van der Waals surface area contributed by atoms with Crippen molar-refractivity contribution >= 4 is 5.96 Å². The number of guanidine groups is 1. The highest BCUT2D eigenvalue weighted by molar-refractivity contribution is 5.80. The van der Waals surface area contributed by atoms with E-state index in [-0.39, 0.29) is 6.04 Å². The second kappa shape index (κ2) is 9.58. The Morgan fingerprint density at radius 3 is 2.86 bits per heavy atom. The third-order valence-electron chi connectivity index (χ3n) is 5.15. The lowest BCUT2D eigenvalue weighted by molar-refractivity contribution is -0.143. The summed E-state index contributed by atoms with van der Waals surface area (Å²) in [5.41, 5.74) is 0. The van der Waals surface area contributed by atoms with E-state index in [1.54, 1.807) is 0 Å². The third kappa shape index (κ3) is 6.08. The number of alkyl halides is 3. The van der Waals surface area contributed by atoms with E-state index in [4.69, 9.17) is 0 Å². The van der Waals surface area contributed by atoms with Gasteiger partial charge in [-0.25, -0.2) is 0 Å². The van der Waals surface area contributed by atoms with Crippen molar-refractivity contribution in [2.75, 3.05) is 32.7 Å². The van der Waals surface area contributed by atoms with E-state index < -0.39 is 12.7 Å². The first kappa shape index (κ1) is 20.9. The number of hydrogen-bond acceptors (Lipinski definition) is 4. The van der Waals surface area contributed by atoms with Crippen LogP contribution in [-0.2, 0) is 19.4 Å². The van der Waals surface area contributed by atoms with Crippen molar-refractivity contribution in [3.05, 3.63) is 11.6 Å². The van der Waals surface area contributed by atoms with Crippen LogP contribution in [0.5, 0.6) is 0 Å². The molecule has 3 rings (SSSR count). The maximum atomic E-state index is 12.6. The van der Waals surface area contributed by atoms with Gasteiger partial charge in [-0.15, -0.1) is 10.2 Å². The Morgan fingerprint density at radius 2 is 2.07 bits per heavy atom. The number of rotatable bonds is 6. The largest absolute Gasteiger partial charge is 0.401 e. The predicted octanol–water partition coefficient (Wildman–Crippen LogP) is 1.74. The molecule has 0 spiro atoms. The summed E-state index contributed by atoms with van der Waals surface area (Å²) in [5, 5.41) is 15.1. The van der Waals surface area contributed by atoms with Crippen molar-refractivity contribution in [1.82, 2.24) is 30.3 Å². The van der Waals surface area contributed by atoms with E-state index in [0.717, 1.165) is 37.5 Å². The van der Waals surface area contributed by atoms with Crippen molar-refractivity contribution in [3.8, 4) is 0 Å². The van der Waals surface area contributed by atoms with Gasteiger partial charge in [0.2, 0.25) is 0 Å². The predicted molar refractivity (Wildman–Crippen MR) is 101 cm³/mol. The van der Waals surface area contributed by atoms with E-state index in [2.05, 4.69) is 30.4 Å². The Bertz CT molecular complexity index is 656. The molecule has 28 heavy (non-hydrogen) atoms. The summed E-state index contributed by atoms with van der Waals surface area (Å²) < 4.78 is 39.9. The molecule has 2 N–H and O–H groups in total. The SMILES string of the molecule is CCNC(=NCCc1nnc2n1CCCCC2)NC1CCN(CC(F)(F)F)C1. The number of likely N-dealkylation sites (tertiary alicyclic amines) is 1. The molecule has 1 unspecified atom stereocenters. The first-order chi connectivity index (χ1) is 13.4. The van der Waals surface area contributed by atoms with Gasteiger partial charge < -0.3 is 15.2 Å². The van der Waals surface area contributed by atoms with E-state index in [0.29, 0.717) is 45.0 Å². The molecule has 0 bridgehead atoms. The molecular formula is C18H30F3N7. The highest BCUT2D eigenvalue weighted by Crippen LogP contribution is 2.20. The lowest BCUT2D eigenvalue weighted by atomic mass is 10.2. The standard InChI is InChI=1S/C18H30F3N7/c1-2-22-17(24-14-8-11-27(12-14)13-18(19,20)21)23-9-7-16-26-25-15-6-4-3-5-10-28(15)16/h14H,2-13H2,1H3,(H2,22,23,24). The molecule has 0 saturated carbocycles. The Morgan fingerprint density at radius 1 is 1.21 bits per heavy atom. The molecule has 1 aromatic heterocycles. The number of nitrogens with zero attached hydrogens (tertiary/aromatic N) is 5. The van der Waals surface area contributed by atoms with E-state index in [1.165, 1.54) is 11.3 Å². The van der Waals surface area contributed by atoms with E-state index in [9.17, 15) is 13.2 Å². The van der Waals surface area contributed by atoms with Gasteiger partial charge in [-0.05, 0) is 26.2 Å². The van der Waals surface area contributed by atoms with E-state index >= 15 is 0 Å². The average molecular weight is 401 g/mol. The summed E-state index contributed by atoms with van der Waals surface area (Å²) in [4.78, 5) is 6.03. The first-order valence-electron chi connectivity index (χ1n) is 10.2. The van der Waals surface area contributed by atoms with Crippen molar-refractivity contribution in [3.63, 3.8) is 0 Å². The number of halogens is 3. The third-order valence-corrected chi connectivity index (χ3v) is 5.15. The summed E-state index contributed by atoms with van der Waals surface area (Å²) >= 11 is 0. The fourth-order valence-electron chi connectivity index (χ4n) is 3.86. The molecule has 3 heterocycles. The minimum Gasteiger partial charge on any atom is -0.357 e. The monoisotopic (exact) mass is 401 g/mol. The fourth-order valence-corrected chi connectivity index (χ4v) is 3.86. The van der Waals surface area contributed by atoms with Crippen molar-refractivity contribution in [2.24, 2.45) is 4.99 Å². The lowest BCUT2D eigenvalue weighted by Gasteiger charge is -2.19. The summed E-state index contributed by atoms with van der Waals surface area (Å²) in [6.45, 7) is 4.18. The molecule has 2 aliphatic heterocycles. The smallest absolute Gasteiger partial charge is 0.357 e. The second-order valence-corrected chi connectivity index (χ2v) is 7.49. The number of hydrogen-bond donors (Lipinski definition) is 2. The van der Waals surface area contributed by atoms with Gasteiger partial charge in [0.1, 0.15) is 11.6 Å². The number of aliphatic imine (C=N–C) groups is 1. The quantitative estimate of drug-likeness (QED) is 0.561. The van der Waals surface area contributed by atoms with Crippen LogP contribution in [0.3, 0.4) is 0 Å². The molecule has 0 radical (unpaired) electrons. The topological polar surface area (TPSA) is 70.4 Å². The molecule has 1 fully saturated rings. The Balaban J connectivity index is 1.52. The number of aromatic nitrogens is 3. The minimum absolute atomic E-state index is 0.0236. The van der Waals surface area contributed by atoms with Crippen LogP contribution in [-0.4, -0.2) is 70.6 Å². The molecule has 2 aliphatic rings. The lowest BCUT2D eigenvalue weighted by Crippen LogP contribution is -2.45. The van der Waals surface area contributed by atoms with Crippen molar-refractivity contribution < 1.29 is 13.2 Å². The van der Waals surface area contributed by atoms with Crippen LogP contribution in [0.2, 0.25) is 0 Å². The zero-order valence-corrected chi connectivity index (χ0v) is 16.4. The first-order valence-corrected chi connectivity index (χ1v) is 10.2. The Labute approximate surface area is 163 Å². The fraction of sp³-hybridized carbons (Fsp3) is 0.833. The molecule has 158 valence electrons. The van der Waals surface area contributed by atoms with Gasteiger partial charge in [-0.1, -0.05) is 6.42 Å². The van der Waals surface area contributed by atoms with Gasteiger partial charge in [0.25, 0.3) is 0 Å². The van der Waals surface area contributed by atoms with Crippen LogP contribution in [0.1, 0.15) is 44.3 Å². The van der Waals surface area contributed by atoms with Gasteiger partial charge in [-0.3, -0.25) is 9.89 Å². The van der Waals surface area contributed by atoms with Gasteiger partial charge in [0.15, 0.2) is 5.96 Å². The number of fused-ring (bicyclic) bond motifs is 1. The molecule has 0 amide bonds.